The zero-order chi connectivity index (χ0) is 10.9. The van der Waals surface area contributed by atoms with Gasteiger partial charge in [-0.1, -0.05) is 12.8 Å². The lowest BCUT2D eigenvalue weighted by molar-refractivity contribution is 0.0398. The van der Waals surface area contributed by atoms with Crippen LogP contribution in [-0.4, -0.2) is 35.6 Å². The molecule has 2 rings (SSSR count). The number of nitrogens with zero attached hydrogens (tertiary/aromatic N) is 1. The first kappa shape index (κ1) is 11.4. The highest BCUT2D eigenvalue weighted by Crippen LogP contribution is 2.33. The van der Waals surface area contributed by atoms with Crippen molar-refractivity contribution in [2.45, 2.75) is 70.5 Å². The van der Waals surface area contributed by atoms with Crippen molar-refractivity contribution in [2.75, 3.05) is 13.1 Å². The lowest BCUT2D eigenvalue weighted by Gasteiger charge is -2.45. The molecule has 0 radical (unpaired) electrons. The lowest BCUT2D eigenvalue weighted by Crippen LogP contribution is -2.53. The molecule has 88 valence electrons. The van der Waals surface area contributed by atoms with E-state index in [4.69, 9.17) is 0 Å². The van der Waals surface area contributed by atoms with Crippen molar-refractivity contribution in [2.24, 2.45) is 0 Å². The number of hydrogen-bond acceptors (Lipinski definition) is 2. The fraction of sp³-hybridized carbons (Fsp3) is 1.00. The molecule has 1 unspecified atom stereocenters. The maximum atomic E-state index is 3.56. The van der Waals surface area contributed by atoms with E-state index < -0.39 is 0 Å². The van der Waals surface area contributed by atoms with E-state index in [-0.39, 0.29) is 0 Å². The Balaban J connectivity index is 2.14. The van der Waals surface area contributed by atoms with Gasteiger partial charge in [-0.05, 0) is 46.6 Å². The third kappa shape index (κ3) is 2.36. The minimum atomic E-state index is 0.387. The highest BCUT2D eigenvalue weighted by atomic mass is 15.3. The molecular weight excluding hydrogens is 184 g/mol. The predicted octanol–water partition coefficient (Wildman–Crippen LogP) is 2.39. The van der Waals surface area contributed by atoms with Crippen molar-refractivity contribution >= 4 is 0 Å². The van der Waals surface area contributed by atoms with Gasteiger partial charge in [0.2, 0.25) is 0 Å². The van der Waals surface area contributed by atoms with E-state index in [2.05, 4.69) is 31.0 Å². The summed E-state index contributed by atoms with van der Waals surface area (Å²) in [6.45, 7) is 9.59. The van der Waals surface area contributed by atoms with Crippen LogP contribution in [-0.2, 0) is 0 Å². The lowest BCUT2D eigenvalue weighted by atomic mass is 9.94. The van der Waals surface area contributed by atoms with Crippen LogP contribution in [0.15, 0.2) is 0 Å². The smallest absolute Gasteiger partial charge is 0.0200 e. The normalized spacial score (nSPS) is 34.2. The molecule has 2 fully saturated rings. The Morgan fingerprint density at radius 1 is 1.20 bits per heavy atom. The molecule has 1 aliphatic carbocycles. The average molecular weight is 210 g/mol. The summed E-state index contributed by atoms with van der Waals surface area (Å²) in [6, 6.07) is 1.56. The fourth-order valence-corrected chi connectivity index (χ4v) is 3.57. The molecule has 15 heavy (non-hydrogen) atoms. The summed E-state index contributed by atoms with van der Waals surface area (Å²) < 4.78 is 0. The summed E-state index contributed by atoms with van der Waals surface area (Å²) in [5.41, 5.74) is 0.387. The van der Waals surface area contributed by atoms with Crippen LogP contribution in [0.3, 0.4) is 0 Å². The highest BCUT2D eigenvalue weighted by molar-refractivity contribution is 4.94. The van der Waals surface area contributed by atoms with E-state index in [0.29, 0.717) is 11.6 Å². The van der Waals surface area contributed by atoms with Crippen LogP contribution >= 0.6 is 0 Å². The van der Waals surface area contributed by atoms with Crippen LogP contribution in [0.2, 0.25) is 0 Å². The van der Waals surface area contributed by atoms with Gasteiger partial charge in [0.1, 0.15) is 0 Å². The molecular formula is C13H26N2. The molecule has 2 aliphatic rings. The molecule has 1 heterocycles. The van der Waals surface area contributed by atoms with Crippen molar-refractivity contribution in [1.29, 1.82) is 0 Å². The van der Waals surface area contributed by atoms with Crippen molar-refractivity contribution in [3.05, 3.63) is 0 Å². The second-order valence-electron chi connectivity index (χ2n) is 5.96. The van der Waals surface area contributed by atoms with E-state index in [1.165, 1.54) is 45.2 Å². The third-order valence-electron chi connectivity index (χ3n) is 4.25. The van der Waals surface area contributed by atoms with E-state index in [1.54, 1.807) is 0 Å². The zero-order valence-corrected chi connectivity index (χ0v) is 10.6. The van der Waals surface area contributed by atoms with E-state index >= 15 is 0 Å². The largest absolute Gasteiger partial charge is 0.315 e. The monoisotopic (exact) mass is 210 g/mol. The Morgan fingerprint density at radius 3 is 2.53 bits per heavy atom. The van der Waals surface area contributed by atoms with Crippen molar-refractivity contribution in [3.8, 4) is 0 Å². The van der Waals surface area contributed by atoms with E-state index in [0.717, 1.165) is 6.04 Å². The zero-order valence-electron chi connectivity index (χ0n) is 10.6. The quantitative estimate of drug-likeness (QED) is 0.715. The maximum absolute atomic E-state index is 3.56. The fourth-order valence-electron chi connectivity index (χ4n) is 3.57. The summed E-state index contributed by atoms with van der Waals surface area (Å²) >= 11 is 0. The Hall–Kier alpha value is -0.0800. The van der Waals surface area contributed by atoms with Crippen molar-refractivity contribution in [1.82, 2.24) is 10.2 Å². The van der Waals surface area contributed by atoms with Gasteiger partial charge in [0, 0.05) is 24.2 Å². The van der Waals surface area contributed by atoms with Gasteiger partial charge in [-0.2, -0.15) is 0 Å². The highest BCUT2D eigenvalue weighted by Gasteiger charge is 2.37. The Kier molecular flexibility index (Phi) is 3.36. The summed E-state index contributed by atoms with van der Waals surface area (Å²) in [7, 11) is 0. The van der Waals surface area contributed by atoms with E-state index in [1.807, 2.05) is 0 Å². The minimum absolute atomic E-state index is 0.387. The molecule has 0 aromatic carbocycles. The Bertz CT molecular complexity index is 207. The first-order valence-electron chi connectivity index (χ1n) is 6.60. The summed E-state index contributed by atoms with van der Waals surface area (Å²) in [5.74, 6) is 0. The second kappa shape index (κ2) is 4.42. The van der Waals surface area contributed by atoms with Crippen LogP contribution in [0.5, 0.6) is 0 Å². The first-order chi connectivity index (χ1) is 7.11. The minimum Gasteiger partial charge on any atom is -0.315 e. The van der Waals surface area contributed by atoms with Gasteiger partial charge >= 0.3 is 0 Å². The van der Waals surface area contributed by atoms with Gasteiger partial charge in [-0.15, -0.1) is 0 Å². The summed E-state index contributed by atoms with van der Waals surface area (Å²) in [6.07, 6.45) is 7.02. The SMILES string of the molecule is CC1CNCCC(C)(C)N1C1CCCC1. The molecule has 0 aromatic heterocycles. The first-order valence-corrected chi connectivity index (χ1v) is 6.60. The van der Waals surface area contributed by atoms with Crippen molar-refractivity contribution in [3.63, 3.8) is 0 Å². The topological polar surface area (TPSA) is 15.3 Å². The summed E-state index contributed by atoms with van der Waals surface area (Å²) in [4.78, 5) is 2.81. The van der Waals surface area contributed by atoms with Crippen molar-refractivity contribution < 1.29 is 0 Å². The van der Waals surface area contributed by atoms with Crippen LogP contribution in [0.25, 0.3) is 0 Å². The Labute approximate surface area is 94.4 Å². The predicted molar refractivity (Wildman–Crippen MR) is 65.1 cm³/mol. The number of rotatable bonds is 1. The van der Waals surface area contributed by atoms with Gasteiger partial charge < -0.3 is 5.32 Å². The summed E-state index contributed by atoms with van der Waals surface area (Å²) in [5, 5.41) is 3.56. The molecule has 0 amide bonds. The van der Waals surface area contributed by atoms with Crippen LogP contribution in [0.4, 0.5) is 0 Å². The Morgan fingerprint density at radius 2 is 1.87 bits per heavy atom. The molecule has 1 saturated heterocycles. The van der Waals surface area contributed by atoms with Gasteiger partial charge in [0.15, 0.2) is 0 Å². The standard InChI is InChI=1S/C13H26N2/c1-11-10-14-9-8-13(2,3)15(11)12-6-4-5-7-12/h11-12,14H,4-10H2,1-3H3. The van der Waals surface area contributed by atoms with Gasteiger partial charge in [-0.25, -0.2) is 0 Å². The van der Waals surface area contributed by atoms with Crippen LogP contribution in [0.1, 0.15) is 52.9 Å². The van der Waals surface area contributed by atoms with Crippen LogP contribution in [0, 0.1) is 0 Å². The average Bonchev–Trinajstić information content (AvgIpc) is 2.61. The molecule has 0 bridgehead atoms. The molecule has 1 aliphatic heterocycles. The molecule has 1 atom stereocenters. The van der Waals surface area contributed by atoms with Gasteiger partial charge in [0.05, 0.1) is 0 Å². The maximum Gasteiger partial charge on any atom is 0.0200 e. The van der Waals surface area contributed by atoms with Gasteiger partial charge in [0.25, 0.3) is 0 Å². The molecule has 1 N–H and O–H groups in total. The molecule has 0 aromatic rings. The number of nitrogens with one attached hydrogen (secondary N) is 1. The van der Waals surface area contributed by atoms with Gasteiger partial charge in [-0.3, -0.25) is 4.90 Å². The molecule has 1 saturated carbocycles. The van der Waals surface area contributed by atoms with E-state index in [9.17, 15) is 0 Å². The number of hydrogen-bond donors (Lipinski definition) is 1. The third-order valence-corrected chi connectivity index (χ3v) is 4.25. The van der Waals surface area contributed by atoms with Crippen LogP contribution < -0.4 is 5.32 Å². The molecule has 2 nitrogen and oxygen atoms in total. The second-order valence-corrected chi connectivity index (χ2v) is 5.96. The molecule has 0 spiro atoms. The molecule has 2 heteroatoms.